The van der Waals surface area contributed by atoms with Crippen LogP contribution >= 0.6 is 11.6 Å². The zero-order valence-electron chi connectivity index (χ0n) is 9.42. The van der Waals surface area contributed by atoms with Crippen LogP contribution in [0.4, 0.5) is 5.69 Å². The Hall–Kier alpha value is -1.54. The highest BCUT2D eigenvalue weighted by Crippen LogP contribution is 2.20. The van der Waals surface area contributed by atoms with Crippen LogP contribution in [0.15, 0.2) is 18.2 Å². The smallest absolute Gasteiger partial charge is 0.250 e. The van der Waals surface area contributed by atoms with E-state index in [2.05, 4.69) is 17.2 Å². The number of rotatable bonds is 3. The molecule has 17 heavy (non-hydrogen) atoms. The van der Waals surface area contributed by atoms with Crippen LogP contribution in [-0.2, 0) is 9.53 Å². The van der Waals surface area contributed by atoms with Crippen molar-refractivity contribution < 1.29 is 9.53 Å². The summed E-state index contributed by atoms with van der Waals surface area (Å²) in [5.41, 5.74) is 6.52. The van der Waals surface area contributed by atoms with Gasteiger partial charge in [-0.3, -0.25) is 4.79 Å². The first-order chi connectivity index (χ1) is 8.17. The summed E-state index contributed by atoms with van der Waals surface area (Å²) in [4.78, 5) is 11.4. The van der Waals surface area contributed by atoms with E-state index in [1.807, 2.05) is 0 Å². The zero-order valence-corrected chi connectivity index (χ0v) is 10.2. The highest BCUT2D eigenvalue weighted by Gasteiger charge is 2.06. The van der Waals surface area contributed by atoms with Crippen molar-refractivity contribution in [1.82, 2.24) is 0 Å². The monoisotopic (exact) mass is 252 g/mol. The third kappa shape index (κ3) is 4.45. The van der Waals surface area contributed by atoms with Crippen molar-refractivity contribution in [1.29, 1.82) is 0 Å². The maximum absolute atomic E-state index is 11.4. The number of nitrogens with two attached hydrogens (primary N) is 1. The molecule has 0 heterocycles. The van der Waals surface area contributed by atoms with Crippen LogP contribution < -0.4 is 11.1 Å². The lowest BCUT2D eigenvalue weighted by atomic mass is 10.2. The summed E-state index contributed by atoms with van der Waals surface area (Å²) in [5, 5.41) is 3.19. The molecule has 0 radical (unpaired) electrons. The summed E-state index contributed by atoms with van der Waals surface area (Å²) in [6.45, 7) is 0.240. The Balaban J connectivity index is 2.94. The Kier molecular flexibility index (Phi) is 5.50. The molecule has 0 fully saturated rings. The van der Waals surface area contributed by atoms with Crippen LogP contribution in [0.5, 0.6) is 0 Å². The van der Waals surface area contributed by atoms with Crippen LogP contribution in [0.2, 0.25) is 5.02 Å². The Labute approximate surface area is 105 Å². The largest absolute Gasteiger partial charge is 0.375 e. The van der Waals surface area contributed by atoms with Crippen molar-refractivity contribution in [3.8, 4) is 11.8 Å². The molecule has 0 saturated carbocycles. The van der Waals surface area contributed by atoms with Crippen LogP contribution in [0, 0.1) is 11.8 Å². The van der Waals surface area contributed by atoms with Gasteiger partial charge in [0.1, 0.15) is 6.61 Å². The van der Waals surface area contributed by atoms with Crippen molar-refractivity contribution in [2.75, 3.05) is 25.6 Å². The molecular formula is C12H13ClN2O2. The molecule has 0 saturated heterocycles. The molecule has 3 N–H and O–H groups in total. The molecule has 1 aromatic rings. The maximum atomic E-state index is 11.4. The number of halogens is 1. The SMILES string of the molecule is COCC(=O)Nc1cc(Cl)ccc1C#CCN. The van der Waals surface area contributed by atoms with E-state index in [0.29, 0.717) is 16.3 Å². The summed E-state index contributed by atoms with van der Waals surface area (Å²) in [6.07, 6.45) is 0. The summed E-state index contributed by atoms with van der Waals surface area (Å²) in [5.74, 6) is 5.32. The van der Waals surface area contributed by atoms with Gasteiger partial charge in [-0.2, -0.15) is 0 Å². The number of amides is 1. The summed E-state index contributed by atoms with van der Waals surface area (Å²) in [6, 6.07) is 5.07. The van der Waals surface area contributed by atoms with Crippen LogP contribution in [-0.4, -0.2) is 26.2 Å². The predicted octanol–water partition coefficient (Wildman–Crippen LogP) is 1.24. The van der Waals surface area contributed by atoms with Gasteiger partial charge in [0, 0.05) is 17.7 Å². The minimum Gasteiger partial charge on any atom is -0.375 e. The molecular weight excluding hydrogens is 240 g/mol. The fourth-order valence-corrected chi connectivity index (χ4v) is 1.36. The zero-order chi connectivity index (χ0) is 12.7. The second kappa shape index (κ2) is 6.92. The van der Waals surface area contributed by atoms with Gasteiger partial charge in [0.2, 0.25) is 5.91 Å². The number of nitrogens with one attached hydrogen (secondary N) is 1. The van der Waals surface area contributed by atoms with Crippen LogP contribution in [0.25, 0.3) is 0 Å². The summed E-state index contributed by atoms with van der Waals surface area (Å²) >= 11 is 5.86. The van der Waals surface area contributed by atoms with E-state index in [-0.39, 0.29) is 19.1 Å². The number of methoxy groups -OCH3 is 1. The summed E-state index contributed by atoms with van der Waals surface area (Å²) < 4.78 is 4.73. The molecule has 0 spiro atoms. The van der Waals surface area contributed by atoms with Gasteiger partial charge < -0.3 is 15.8 Å². The quantitative estimate of drug-likeness (QED) is 0.796. The standard InChI is InChI=1S/C12H13ClN2O2/c1-17-8-12(16)15-11-7-10(13)5-4-9(11)3-2-6-14/h4-5,7H,6,8,14H2,1H3,(H,15,16). The number of carbonyl (C=O) groups is 1. The predicted molar refractivity (Wildman–Crippen MR) is 67.9 cm³/mol. The molecule has 5 heteroatoms. The van der Waals surface area contributed by atoms with Crippen molar-refractivity contribution in [3.63, 3.8) is 0 Å². The Morgan fingerprint density at radius 1 is 1.59 bits per heavy atom. The van der Waals surface area contributed by atoms with Crippen molar-refractivity contribution in [2.24, 2.45) is 5.73 Å². The lowest BCUT2D eigenvalue weighted by Crippen LogP contribution is -2.17. The van der Waals surface area contributed by atoms with Crippen LogP contribution in [0.3, 0.4) is 0 Å². The van der Waals surface area contributed by atoms with Gasteiger partial charge in [-0.25, -0.2) is 0 Å². The van der Waals surface area contributed by atoms with Crippen molar-refractivity contribution >= 4 is 23.2 Å². The molecule has 1 aromatic carbocycles. The van der Waals surface area contributed by atoms with Crippen molar-refractivity contribution in [2.45, 2.75) is 0 Å². The molecule has 1 rings (SSSR count). The average molecular weight is 253 g/mol. The van der Waals surface area contributed by atoms with E-state index < -0.39 is 0 Å². The molecule has 4 nitrogen and oxygen atoms in total. The van der Waals surface area contributed by atoms with Gasteiger partial charge in [0.25, 0.3) is 0 Å². The molecule has 0 bridgehead atoms. The molecule has 1 amide bonds. The number of hydrogen-bond acceptors (Lipinski definition) is 3. The number of anilines is 1. The Morgan fingerprint density at radius 3 is 3.00 bits per heavy atom. The van der Waals surface area contributed by atoms with Crippen LogP contribution in [0.1, 0.15) is 5.56 Å². The molecule has 0 unspecified atom stereocenters. The lowest BCUT2D eigenvalue weighted by molar-refractivity contribution is -0.119. The summed E-state index contributed by atoms with van der Waals surface area (Å²) in [7, 11) is 1.45. The van der Waals surface area contributed by atoms with E-state index in [0.717, 1.165) is 0 Å². The third-order valence-electron chi connectivity index (χ3n) is 1.86. The maximum Gasteiger partial charge on any atom is 0.250 e. The molecule has 0 aliphatic rings. The number of carbonyl (C=O) groups excluding carboxylic acids is 1. The average Bonchev–Trinajstić information content (AvgIpc) is 2.28. The second-order valence-electron chi connectivity index (χ2n) is 3.18. The van der Waals surface area contributed by atoms with E-state index in [1.165, 1.54) is 7.11 Å². The topological polar surface area (TPSA) is 64.3 Å². The van der Waals surface area contributed by atoms with Crippen molar-refractivity contribution in [3.05, 3.63) is 28.8 Å². The van der Waals surface area contributed by atoms with E-state index in [4.69, 9.17) is 22.1 Å². The molecule has 0 aliphatic heterocycles. The highest BCUT2D eigenvalue weighted by atomic mass is 35.5. The number of hydrogen-bond donors (Lipinski definition) is 2. The first-order valence-corrected chi connectivity index (χ1v) is 5.32. The number of benzene rings is 1. The van der Waals surface area contributed by atoms with E-state index in [1.54, 1.807) is 18.2 Å². The van der Waals surface area contributed by atoms with E-state index in [9.17, 15) is 4.79 Å². The van der Waals surface area contributed by atoms with E-state index >= 15 is 0 Å². The second-order valence-corrected chi connectivity index (χ2v) is 3.61. The van der Waals surface area contributed by atoms with Gasteiger partial charge in [-0.1, -0.05) is 23.4 Å². The Bertz CT molecular complexity index is 463. The Morgan fingerprint density at radius 2 is 2.35 bits per heavy atom. The van der Waals surface area contributed by atoms with Gasteiger partial charge >= 0.3 is 0 Å². The first-order valence-electron chi connectivity index (χ1n) is 4.94. The van der Waals surface area contributed by atoms with Gasteiger partial charge in [-0.15, -0.1) is 0 Å². The van der Waals surface area contributed by atoms with Gasteiger partial charge in [-0.05, 0) is 18.2 Å². The molecule has 90 valence electrons. The van der Waals surface area contributed by atoms with Gasteiger partial charge in [0.15, 0.2) is 0 Å². The molecule has 0 aromatic heterocycles. The minimum absolute atomic E-state index is 0.0176. The fourth-order valence-electron chi connectivity index (χ4n) is 1.19. The third-order valence-corrected chi connectivity index (χ3v) is 2.09. The molecule has 0 atom stereocenters. The molecule has 0 aliphatic carbocycles. The number of ether oxygens (including phenoxy) is 1. The lowest BCUT2D eigenvalue weighted by Gasteiger charge is -2.07. The first kappa shape index (κ1) is 13.5. The highest BCUT2D eigenvalue weighted by molar-refractivity contribution is 6.31. The van der Waals surface area contributed by atoms with Gasteiger partial charge in [0.05, 0.1) is 12.2 Å². The minimum atomic E-state index is -0.259. The normalized spacial score (nSPS) is 9.35. The fraction of sp³-hybridized carbons (Fsp3) is 0.250.